The summed E-state index contributed by atoms with van der Waals surface area (Å²) in [6.45, 7) is 1.36. The van der Waals surface area contributed by atoms with Crippen LogP contribution in [0.1, 0.15) is 22.8 Å². The van der Waals surface area contributed by atoms with Gasteiger partial charge in [0.25, 0.3) is 5.69 Å². The number of carbonyl (C=O) groups excluding carboxylic acids is 2. The van der Waals surface area contributed by atoms with Crippen molar-refractivity contribution >= 4 is 23.5 Å². The zero-order valence-electron chi connectivity index (χ0n) is 13.6. The lowest BCUT2D eigenvalue weighted by molar-refractivity contribution is -0.384. The van der Waals surface area contributed by atoms with E-state index < -0.39 is 10.9 Å². The van der Waals surface area contributed by atoms with Gasteiger partial charge in [-0.05, 0) is 48.9 Å². The van der Waals surface area contributed by atoms with E-state index in [4.69, 9.17) is 9.47 Å². The number of nitro groups is 1. The standard InChI is InChI=1S/C18H15NO6/c1-12(20)16-11-15(24-2)8-9-17(16)25-18(21)10-5-13-3-6-14(7-4-13)19(22)23/h3-11H,1-2H3. The number of carbonyl (C=O) groups is 2. The second-order valence-electron chi connectivity index (χ2n) is 5.02. The van der Waals surface area contributed by atoms with Gasteiger partial charge >= 0.3 is 5.97 Å². The molecule has 0 aliphatic carbocycles. The van der Waals surface area contributed by atoms with Crippen LogP contribution < -0.4 is 9.47 Å². The summed E-state index contributed by atoms with van der Waals surface area (Å²) in [7, 11) is 1.47. The topological polar surface area (TPSA) is 95.7 Å². The third-order valence-corrected chi connectivity index (χ3v) is 3.29. The summed E-state index contributed by atoms with van der Waals surface area (Å²) in [6, 6.07) is 10.2. The number of benzene rings is 2. The normalized spacial score (nSPS) is 10.5. The summed E-state index contributed by atoms with van der Waals surface area (Å²) in [6.07, 6.45) is 2.64. The van der Waals surface area contributed by atoms with Gasteiger partial charge in [-0.1, -0.05) is 0 Å². The summed E-state index contributed by atoms with van der Waals surface area (Å²) in [5.41, 5.74) is 0.796. The lowest BCUT2D eigenvalue weighted by atomic mass is 10.1. The minimum atomic E-state index is -0.675. The Labute approximate surface area is 143 Å². The molecular weight excluding hydrogens is 326 g/mol. The Bertz CT molecular complexity index is 839. The predicted molar refractivity (Wildman–Crippen MR) is 90.8 cm³/mol. The molecule has 7 nitrogen and oxygen atoms in total. The molecule has 0 saturated heterocycles. The quantitative estimate of drug-likeness (QED) is 0.199. The lowest BCUT2D eigenvalue weighted by Crippen LogP contribution is -2.07. The number of non-ortho nitro benzene ring substituents is 1. The Morgan fingerprint density at radius 1 is 1.12 bits per heavy atom. The highest BCUT2D eigenvalue weighted by Crippen LogP contribution is 2.25. The van der Waals surface area contributed by atoms with Crippen molar-refractivity contribution in [1.82, 2.24) is 0 Å². The molecule has 2 aromatic carbocycles. The first kappa shape index (κ1) is 17.9. The zero-order valence-corrected chi connectivity index (χ0v) is 13.6. The van der Waals surface area contributed by atoms with Crippen LogP contribution in [0.4, 0.5) is 5.69 Å². The van der Waals surface area contributed by atoms with E-state index >= 15 is 0 Å². The molecule has 0 amide bonds. The van der Waals surface area contributed by atoms with Crippen molar-refractivity contribution in [3.63, 3.8) is 0 Å². The summed E-state index contributed by atoms with van der Waals surface area (Å²) in [4.78, 5) is 33.7. The summed E-state index contributed by atoms with van der Waals surface area (Å²) in [5, 5.41) is 10.6. The third-order valence-electron chi connectivity index (χ3n) is 3.29. The van der Waals surface area contributed by atoms with Gasteiger partial charge in [-0.15, -0.1) is 0 Å². The maximum atomic E-state index is 11.9. The van der Waals surface area contributed by atoms with E-state index in [0.717, 1.165) is 0 Å². The minimum Gasteiger partial charge on any atom is -0.497 e. The fourth-order valence-corrected chi connectivity index (χ4v) is 2.01. The van der Waals surface area contributed by atoms with Crippen molar-refractivity contribution in [3.05, 3.63) is 69.8 Å². The molecule has 0 saturated carbocycles. The van der Waals surface area contributed by atoms with Crippen LogP contribution in [0, 0.1) is 10.1 Å². The first-order chi connectivity index (χ1) is 11.9. The van der Waals surface area contributed by atoms with E-state index in [0.29, 0.717) is 11.3 Å². The number of methoxy groups -OCH3 is 1. The second kappa shape index (κ2) is 7.87. The van der Waals surface area contributed by atoms with Crippen molar-refractivity contribution in [2.24, 2.45) is 0 Å². The lowest BCUT2D eigenvalue weighted by Gasteiger charge is -2.08. The number of ketones is 1. The fraction of sp³-hybridized carbons (Fsp3) is 0.111. The maximum absolute atomic E-state index is 11.9. The summed E-state index contributed by atoms with van der Waals surface area (Å²) < 4.78 is 10.2. The van der Waals surface area contributed by atoms with Gasteiger partial charge in [0.15, 0.2) is 5.78 Å². The van der Waals surface area contributed by atoms with E-state index in [-0.39, 0.29) is 22.8 Å². The number of hydrogen-bond donors (Lipinski definition) is 0. The van der Waals surface area contributed by atoms with Gasteiger partial charge in [-0.25, -0.2) is 4.79 Å². The van der Waals surface area contributed by atoms with Crippen LogP contribution in [0.5, 0.6) is 11.5 Å². The molecule has 2 aromatic rings. The number of Topliss-reactive ketones (excluding diaryl/α,β-unsaturated/α-hetero) is 1. The molecule has 0 spiro atoms. The molecule has 7 heteroatoms. The number of nitro benzene ring substituents is 1. The second-order valence-corrected chi connectivity index (χ2v) is 5.02. The van der Waals surface area contributed by atoms with Crippen LogP contribution in [0.15, 0.2) is 48.5 Å². The van der Waals surface area contributed by atoms with Crippen molar-refractivity contribution in [2.75, 3.05) is 7.11 Å². The SMILES string of the molecule is COc1ccc(OC(=O)C=Cc2ccc([N+](=O)[O-])cc2)c(C(C)=O)c1. The highest BCUT2D eigenvalue weighted by atomic mass is 16.6. The van der Waals surface area contributed by atoms with E-state index in [2.05, 4.69) is 0 Å². The Morgan fingerprint density at radius 3 is 2.36 bits per heavy atom. The summed E-state index contributed by atoms with van der Waals surface area (Å²) in [5.74, 6) is -0.329. The van der Waals surface area contributed by atoms with Gasteiger partial charge in [0, 0.05) is 18.2 Å². The maximum Gasteiger partial charge on any atom is 0.336 e. The highest BCUT2D eigenvalue weighted by molar-refractivity contribution is 5.98. The number of rotatable bonds is 6. The van der Waals surface area contributed by atoms with Crippen molar-refractivity contribution in [3.8, 4) is 11.5 Å². The number of esters is 1. The van der Waals surface area contributed by atoms with Crippen molar-refractivity contribution < 1.29 is 24.0 Å². The molecule has 0 unspecified atom stereocenters. The van der Waals surface area contributed by atoms with Gasteiger partial charge < -0.3 is 9.47 Å². The molecule has 0 heterocycles. The molecular formula is C18H15NO6. The largest absolute Gasteiger partial charge is 0.497 e. The Hall–Kier alpha value is -3.48. The van der Waals surface area contributed by atoms with Gasteiger partial charge in [0.05, 0.1) is 17.6 Å². The van der Waals surface area contributed by atoms with Crippen LogP contribution in [0.25, 0.3) is 6.08 Å². The minimum absolute atomic E-state index is 0.0379. The van der Waals surface area contributed by atoms with Crippen molar-refractivity contribution in [2.45, 2.75) is 6.92 Å². The van der Waals surface area contributed by atoms with Gasteiger partial charge in [0.1, 0.15) is 11.5 Å². The number of hydrogen-bond acceptors (Lipinski definition) is 6. The van der Waals surface area contributed by atoms with Crippen LogP contribution in [0.2, 0.25) is 0 Å². The van der Waals surface area contributed by atoms with E-state index in [1.54, 1.807) is 6.07 Å². The average Bonchev–Trinajstić information content (AvgIpc) is 2.60. The van der Waals surface area contributed by atoms with Crippen molar-refractivity contribution in [1.29, 1.82) is 0 Å². The molecule has 0 fully saturated rings. The summed E-state index contributed by atoms with van der Waals surface area (Å²) >= 11 is 0. The van der Waals surface area contributed by atoms with Crippen LogP contribution in [-0.4, -0.2) is 23.8 Å². The van der Waals surface area contributed by atoms with Crippen LogP contribution >= 0.6 is 0 Å². The van der Waals surface area contributed by atoms with E-state index in [1.807, 2.05) is 0 Å². The monoisotopic (exact) mass is 341 g/mol. The number of nitrogens with zero attached hydrogens (tertiary/aromatic N) is 1. The fourth-order valence-electron chi connectivity index (χ4n) is 2.01. The van der Waals surface area contributed by atoms with Crippen LogP contribution in [0.3, 0.4) is 0 Å². The number of ether oxygens (including phenoxy) is 2. The molecule has 2 rings (SSSR count). The first-order valence-electron chi connectivity index (χ1n) is 7.24. The first-order valence-corrected chi connectivity index (χ1v) is 7.24. The Balaban J connectivity index is 2.12. The molecule has 0 atom stereocenters. The van der Waals surface area contributed by atoms with Gasteiger partial charge in [-0.3, -0.25) is 14.9 Å². The van der Waals surface area contributed by atoms with Crippen LogP contribution in [-0.2, 0) is 4.79 Å². The molecule has 0 N–H and O–H groups in total. The molecule has 0 bridgehead atoms. The van der Waals surface area contributed by atoms with E-state index in [9.17, 15) is 19.7 Å². The highest BCUT2D eigenvalue weighted by Gasteiger charge is 2.12. The van der Waals surface area contributed by atoms with Gasteiger partial charge in [-0.2, -0.15) is 0 Å². The van der Waals surface area contributed by atoms with E-state index in [1.165, 1.54) is 62.6 Å². The predicted octanol–water partition coefficient (Wildman–Crippen LogP) is 3.42. The molecule has 0 aromatic heterocycles. The third kappa shape index (κ3) is 4.74. The molecule has 128 valence electrons. The molecule has 0 aliphatic rings. The average molecular weight is 341 g/mol. The molecule has 0 radical (unpaired) electrons. The zero-order chi connectivity index (χ0) is 18.4. The molecule has 0 aliphatic heterocycles. The smallest absolute Gasteiger partial charge is 0.336 e. The molecule has 25 heavy (non-hydrogen) atoms. The Morgan fingerprint density at radius 2 is 1.80 bits per heavy atom. The van der Waals surface area contributed by atoms with Gasteiger partial charge in [0.2, 0.25) is 0 Å². The Kier molecular flexibility index (Phi) is 5.62.